The van der Waals surface area contributed by atoms with Crippen LogP contribution in [0.25, 0.3) is 11.1 Å². The van der Waals surface area contributed by atoms with Gasteiger partial charge in [-0.15, -0.1) is 0 Å². The van der Waals surface area contributed by atoms with E-state index in [9.17, 15) is 8.78 Å². The Morgan fingerprint density at radius 3 is 2.38 bits per heavy atom. The van der Waals surface area contributed by atoms with Crippen LogP contribution in [0.15, 0.2) is 36.4 Å². The summed E-state index contributed by atoms with van der Waals surface area (Å²) in [6.45, 7) is 2.28. The Hall–Kier alpha value is -1.41. The van der Waals surface area contributed by atoms with Crippen molar-refractivity contribution >= 4 is 11.6 Å². The maximum absolute atomic E-state index is 14.9. The molecule has 2 aromatic carbocycles. The van der Waals surface area contributed by atoms with Crippen LogP contribution < -0.4 is 0 Å². The van der Waals surface area contributed by atoms with Gasteiger partial charge in [0.15, 0.2) is 0 Å². The Morgan fingerprint density at radius 1 is 0.812 bits per heavy atom. The van der Waals surface area contributed by atoms with Gasteiger partial charge in [-0.05, 0) is 85.1 Å². The molecule has 2 saturated carbocycles. The molecule has 4 rings (SSSR count). The second-order valence-electron chi connectivity index (χ2n) is 10.3. The van der Waals surface area contributed by atoms with E-state index in [0.717, 1.165) is 23.3 Å². The van der Waals surface area contributed by atoms with Crippen LogP contribution >= 0.6 is 11.6 Å². The smallest absolute Gasteiger partial charge is 0.142 e. The zero-order valence-electron chi connectivity index (χ0n) is 19.4. The number of benzene rings is 2. The molecule has 174 valence electrons. The fraction of sp³-hybridized carbons (Fsp3) is 0.586. The minimum atomic E-state index is -0.512. The van der Waals surface area contributed by atoms with Gasteiger partial charge >= 0.3 is 0 Å². The van der Waals surface area contributed by atoms with Crippen molar-refractivity contribution in [2.24, 2.45) is 17.8 Å². The van der Waals surface area contributed by atoms with Crippen LogP contribution in [0.3, 0.4) is 0 Å². The first-order chi connectivity index (χ1) is 15.5. The third kappa shape index (κ3) is 5.74. The standard InChI is InChI=1S/C29H37ClF2/c1-2-3-4-5-6-7-20-8-9-22-17-23(11-10-21(22)16-20)24-12-14-26(28(31)18-24)25-13-15-27(30)29(32)19-25/h12-15,18-23H,2-11,16-17H2,1H3. The molecule has 4 atom stereocenters. The number of fused-ring (bicyclic) bond motifs is 1. The summed E-state index contributed by atoms with van der Waals surface area (Å²) in [5, 5.41) is 0.0637. The lowest BCUT2D eigenvalue weighted by Gasteiger charge is -2.42. The van der Waals surface area contributed by atoms with Crippen LogP contribution in [0.1, 0.15) is 95.5 Å². The first-order valence-corrected chi connectivity index (χ1v) is 13.2. The van der Waals surface area contributed by atoms with Gasteiger partial charge in [-0.1, -0.05) is 81.7 Å². The molecule has 0 heterocycles. The van der Waals surface area contributed by atoms with Crippen molar-refractivity contribution in [3.63, 3.8) is 0 Å². The summed E-state index contributed by atoms with van der Waals surface area (Å²) in [4.78, 5) is 0. The summed E-state index contributed by atoms with van der Waals surface area (Å²) < 4.78 is 28.8. The lowest BCUT2D eigenvalue weighted by atomic mass is 9.63. The van der Waals surface area contributed by atoms with Gasteiger partial charge in [0.1, 0.15) is 11.6 Å². The second-order valence-corrected chi connectivity index (χ2v) is 10.7. The van der Waals surface area contributed by atoms with Gasteiger partial charge in [0, 0.05) is 5.56 Å². The normalized spacial score (nSPS) is 25.5. The highest BCUT2D eigenvalue weighted by Gasteiger charge is 2.35. The highest BCUT2D eigenvalue weighted by molar-refractivity contribution is 6.30. The molecule has 0 aromatic heterocycles. The van der Waals surface area contributed by atoms with Crippen LogP contribution in [0.4, 0.5) is 8.78 Å². The summed E-state index contributed by atoms with van der Waals surface area (Å²) >= 11 is 5.77. The predicted molar refractivity (Wildman–Crippen MR) is 131 cm³/mol. The van der Waals surface area contributed by atoms with Crippen molar-refractivity contribution in [3.8, 4) is 11.1 Å². The van der Waals surface area contributed by atoms with Crippen molar-refractivity contribution < 1.29 is 8.78 Å². The van der Waals surface area contributed by atoms with Crippen LogP contribution in [0, 0.1) is 29.4 Å². The van der Waals surface area contributed by atoms with Gasteiger partial charge in [-0.25, -0.2) is 8.78 Å². The Balaban J connectivity index is 1.33. The highest BCUT2D eigenvalue weighted by atomic mass is 35.5. The summed E-state index contributed by atoms with van der Waals surface area (Å²) in [5.41, 5.74) is 2.09. The van der Waals surface area contributed by atoms with E-state index in [-0.39, 0.29) is 10.8 Å². The third-order valence-electron chi connectivity index (χ3n) is 8.13. The molecule has 3 heteroatoms. The van der Waals surface area contributed by atoms with Crippen molar-refractivity contribution in [1.82, 2.24) is 0 Å². The average Bonchev–Trinajstić information content (AvgIpc) is 2.80. The molecule has 0 N–H and O–H groups in total. The molecule has 0 aliphatic heterocycles. The van der Waals surface area contributed by atoms with Crippen LogP contribution in [0.2, 0.25) is 5.02 Å². The lowest BCUT2D eigenvalue weighted by Crippen LogP contribution is -2.30. The maximum atomic E-state index is 14.9. The van der Waals surface area contributed by atoms with E-state index >= 15 is 0 Å². The molecular weight excluding hydrogens is 422 g/mol. The molecule has 0 bridgehead atoms. The number of hydrogen-bond acceptors (Lipinski definition) is 0. The van der Waals surface area contributed by atoms with Gasteiger partial charge < -0.3 is 0 Å². The summed E-state index contributed by atoms with van der Waals surface area (Å²) in [6.07, 6.45) is 16.2. The van der Waals surface area contributed by atoms with Gasteiger partial charge in [0.05, 0.1) is 5.02 Å². The number of unbranched alkanes of at least 4 members (excludes halogenated alkanes) is 4. The van der Waals surface area contributed by atoms with Crippen LogP contribution in [0.5, 0.6) is 0 Å². The predicted octanol–water partition coefficient (Wildman–Crippen LogP) is 9.95. The first kappa shape index (κ1) is 23.7. The molecule has 4 unspecified atom stereocenters. The minimum Gasteiger partial charge on any atom is -0.206 e. The van der Waals surface area contributed by atoms with E-state index in [2.05, 4.69) is 13.0 Å². The topological polar surface area (TPSA) is 0 Å². The molecule has 2 aromatic rings. The van der Waals surface area contributed by atoms with Crippen molar-refractivity contribution in [3.05, 3.63) is 58.6 Å². The zero-order chi connectivity index (χ0) is 22.5. The average molecular weight is 459 g/mol. The van der Waals surface area contributed by atoms with Gasteiger partial charge in [0.25, 0.3) is 0 Å². The van der Waals surface area contributed by atoms with Gasteiger partial charge in [0.2, 0.25) is 0 Å². The van der Waals surface area contributed by atoms with Crippen molar-refractivity contribution in [2.75, 3.05) is 0 Å². The maximum Gasteiger partial charge on any atom is 0.142 e. The molecule has 0 nitrogen and oxygen atoms in total. The highest BCUT2D eigenvalue weighted by Crippen LogP contribution is 2.48. The van der Waals surface area contributed by atoms with Crippen LogP contribution in [-0.2, 0) is 0 Å². The van der Waals surface area contributed by atoms with Crippen LogP contribution in [-0.4, -0.2) is 0 Å². The molecule has 2 fully saturated rings. The second kappa shape index (κ2) is 11.1. The molecule has 2 aliphatic carbocycles. The Morgan fingerprint density at radius 2 is 1.59 bits per heavy atom. The lowest BCUT2D eigenvalue weighted by molar-refractivity contribution is 0.113. The number of hydrogen-bond donors (Lipinski definition) is 0. The molecule has 0 saturated heterocycles. The molecule has 0 amide bonds. The van der Waals surface area contributed by atoms with E-state index in [4.69, 9.17) is 11.6 Å². The fourth-order valence-electron chi connectivity index (χ4n) is 6.27. The van der Waals surface area contributed by atoms with Gasteiger partial charge in [-0.3, -0.25) is 0 Å². The van der Waals surface area contributed by atoms with E-state index in [1.165, 1.54) is 89.2 Å². The molecule has 32 heavy (non-hydrogen) atoms. The van der Waals surface area contributed by atoms with Gasteiger partial charge in [-0.2, -0.15) is 0 Å². The number of rotatable bonds is 8. The Labute approximate surface area is 197 Å². The van der Waals surface area contributed by atoms with E-state index < -0.39 is 5.82 Å². The van der Waals surface area contributed by atoms with E-state index in [1.807, 2.05) is 6.07 Å². The SMILES string of the molecule is CCCCCCCC1CCC2CC(c3ccc(-c4ccc(Cl)c(F)c4)c(F)c3)CCC2C1. The van der Waals surface area contributed by atoms with Crippen molar-refractivity contribution in [1.29, 1.82) is 0 Å². The van der Waals surface area contributed by atoms with E-state index in [1.54, 1.807) is 12.1 Å². The zero-order valence-corrected chi connectivity index (χ0v) is 20.1. The molecular formula is C29H37ClF2. The van der Waals surface area contributed by atoms with Crippen molar-refractivity contribution in [2.45, 2.75) is 89.9 Å². The summed E-state index contributed by atoms with van der Waals surface area (Å²) in [7, 11) is 0. The molecule has 2 aliphatic rings. The Kier molecular flexibility index (Phi) is 8.27. The summed E-state index contributed by atoms with van der Waals surface area (Å²) in [5.74, 6) is 2.29. The minimum absolute atomic E-state index is 0.0637. The fourth-order valence-corrected chi connectivity index (χ4v) is 6.39. The number of halogens is 3. The third-order valence-corrected chi connectivity index (χ3v) is 8.44. The first-order valence-electron chi connectivity index (χ1n) is 12.8. The molecule has 0 radical (unpaired) electrons. The largest absolute Gasteiger partial charge is 0.206 e. The Bertz CT molecular complexity index is 893. The van der Waals surface area contributed by atoms with E-state index in [0.29, 0.717) is 17.0 Å². The monoisotopic (exact) mass is 458 g/mol. The molecule has 0 spiro atoms. The summed E-state index contributed by atoms with van der Waals surface area (Å²) in [6, 6.07) is 10.0. The quantitative estimate of drug-likeness (QED) is 0.345.